The number of aryl methyl sites for hydroxylation is 1. The van der Waals surface area contributed by atoms with Gasteiger partial charge in [-0.05, 0) is 80.7 Å². The van der Waals surface area contributed by atoms with Crippen LogP contribution in [0.3, 0.4) is 0 Å². The molecule has 0 bridgehead atoms. The van der Waals surface area contributed by atoms with E-state index in [0.29, 0.717) is 12.3 Å². The van der Waals surface area contributed by atoms with Crippen LogP contribution in [-0.4, -0.2) is 43.6 Å². The van der Waals surface area contributed by atoms with Gasteiger partial charge >= 0.3 is 0 Å². The number of piperidine rings is 1. The fourth-order valence-electron chi connectivity index (χ4n) is 4.67. The summed E-state index contributed by atoms with van der Waals surface area (Å²) < 4.78 is 5.34. The molecule has 1 saturated heterocycles. The molecule has 2 aliphatic rings. The Morgan fingerprint density at radius 3 is 2.96 bits per heavy atom. The number of carbonyl (C=O) groups excluding carboxylic acids is 1. The summed E-state index contributed by atoms with van der Waals surface area (Å²) in [5, 5.41) is 3.24. The van der Waals surface area contributed by atoms with Crippen molar-refractivity contribution >= 4 is 5.91 Å². The van der Waals surface area contributed by atoms with E-state index in [1.807, 2.05) is 6.07 Å². The molecule has 1 fully saturated rings. The van der Waals surface area contributed by atoms with Crippen LogP contribution < -0.4 is 10.1 Å². The highest BCUT2D eigenvalue weighted by Crippen LogP contribution is 2.35. The van der Waals surface area contributed by atoms with Crippen LogP contribution in [0.2, 0.25) is 0 Å². The molecule has 0 aromatic heterocycles. The van der Waals surface area contributed by atoms with Crippen LogP contribution in [0.5, 0.6) is 5.75 Å². The number of ether oxygens (including phenoxy) is 1. The molecule has 1 heterocycles. The SMILES string of the molecule is COc1ccc2c(c1)CCC[C@@H]2CC(=O)N[C@H](C)CN1CCC[C@H](C)C1. The lowest BCUT2D eigenvalue weighted by Crippen LogP contribution is -2.45. The molecule has 4 nitrogen and oxygen atoms in total. The first-order chi connectivity index (χ1) is 12.5. The van der Waals surface area contributed by atoms with E-state index in [-0.39, 0.29) is 11.9 Å². The van der Waals surface area contributed by atoms with E-state index in [1.165, 1.54) is 30.5 Å². The maximum absolute atomic E-state index is 12.6. The Balaban J connectivity index is 1.52. The molecule has 1 aromatic rings. The van der Waals surface area contributed by atoms with Crippen molar-refractivity contribution in [3.63, 3.8) is 0 Å². The Hall–Kier alpha value is -1.55. The van der Waals surface area contributed by atoms with Crippen molar-refractivity contribution in [1.29, 1.82) is 0 Å². The van der Waals surface area contributed by atoms with Crippen LogP contribution in [0.25, 0.3) is 0 Å². The van der Waals surface area contributed by atoms with Crippen LogP contribution >= 0.6 is 0 Å². The van der Waals surface area contributed by atoms with Gasteiger partial charge in [0, 0.05) is 25.6 Å². The summed E-state index contributed by atoms with van der Waals surface area (Å²) in [5.74, 6) is 2.23. The van der Waals surface area contributed by atoms with Crippen molar-refractivity contribution in [2.45, 2.75) is 64.3 Å². The number of fused-ring (bicyclic) bond motifs is 1. The quantitative estimate of drug-likeness (QED) is 0.842. The molecule has 1 amide bonds. The second-order valence-corrected chi connectivity index (χ2v) is 8.33. The normalized spacial score (nSPS) is 24.6. The highest BCUT2D eigenvalue weighted by Gasteiger charge is 2.24. The first-order valence-electron chi connectivity index (χ1n) is 10.2. The van der Waals surface area contributed by atoms with Crippen LogP contribution in [-0.2, 0) is 11.2 Å². The zero-order valence-electron chi connectivity index (χ0n) is 16.6. The van der Waals surface area contributed by atoms with Gasteiger partial charge in [-0.25, -0.2) is 0 Å². The molecule has 1 aromatic carbocycles. The maximum Gasteiger partial charge on any atom is 0.220 e. The minimum Gasteiger partial charge on any atom is -0.497 e. The first kappa shape index (κ1) is 19.2. The highest BCUT2D eigenvalue weighted by atomic mass is 16.5. The van der Waals surface area contributed by atoms with Crippen molar-refractivity contribution in [3.05, 3.63) is 29.3 Å². The second kappa shape index (κ2) is 8.90. The molecule has 1 aliphatic heterocycles. The minimum atomic E-state index is 0.191. The van der Waals surface area contributed by atoms with E-state index in [0.717, 1.165) is 44.0 Å². The van der Waals surface area contributed by atoms with E-state index < -0.39 is 0 Å². The van der Waals surface area contributed by atoms with Crippen LogP contribution in [0.4, 0.5) is 0 Å². The van der Waals surface area contributed by atoms with Crippen LogP contribution in [0.1, 0.15) is 63.0 Å². The fourth-order valence-corrected chi connectivity index (χ4v) is 4.67. The van der Waals surface area contributed by atoms with E-state index in [9.17, 15) is 4.79 Å². The lowest BCUT2D eigenvalue weighted by molar-refractivity contribution is -0.122. The smallest absolute Gasteiger partial charge is 0.220 e. The molecular formula is C22H34N2O2. The summed E-state index contributed by atoms with van der Waals surface area (Å²) in [4.78, 5) is 15.1. The molecule has 1 N–H and O–H groups in total. The standard InChI is InChI=1S/C22H34N2O2/c1-16-6-5-11-24(14-16)15-17(2)23-22(25)13-19-8-4-7-18-12-20(26-3)9-10-21(18)19/h9-10,12,16-17,19H,4-8,11,13-15H2,1-3H3,(H,23,25)/t16-,17+,19+/m0/s1. The number of nitrogens with zero attached hydrogens (tertiary/aromatic N) is 1. The van der Waals surface area contributed by atoms with Gasteiger partial charge in [0.25, 0.3) is 0 Å². The lowest BCUT2D eigenvalue weighted by atomic mass is 9.81. The molecule has 144 valence electrons. The molecule has 1 aliphatic carbocycles. The topological polar surface area (TPSA) is 41.6 Å². The third kappa shape index (κ3) is 5.00. The number of hydrogen-bond donors (Lipinski definition) is 1. The summed E-state index contributed by atoms with van der Waals surface area (Å²) in [5.41, 5.74) is 2.69. The second-order valence-electron chi connectivity index (χ2n) is 8.33. The Morgan fingerprint density at radius 1 is 1.35 bits per heavy atom. The maximum atomic E-state index is 12.6. The summed E-state index contributed by atoms with van der Waals surface area (Å²) in [6.07, 6.45) is 6.56. The highest BCUT2D eigenvalue weighted by molar-refractivity contribution is 5.77. The Bertz CT molecular complexity index is 616. The van der Waals surface area contributed by atoms with Gasteiger partial charge in [0.1, 0.15) is 5.75 Å². The van der Waals surface area contributed by atoms with Gasteiger partial charge in [-0.1, -0.05) is 13.0 Å². The van der Waals surface area contributed by atoms with Gasteiger partial charge in [0.2, 0.25) is 5.91 Å². The van der Waals surface area contributed by atoms with Crippen LogP contribution in [0.15, 0.2) is 18.2 Å². The molecular weight excluding hydrogens is 324 g/mol. The summed E-state index contributed by atoms with van der Waals surface area (Å²) in [7, 11) is 1.71. The molecule has 0 spiro atoms. The monoisotopic (exact) mass is 358 g/mol. The number of nitrogens with one attached hydrogen (secondary N) is 1. The Kier molecular flexibility index (Phi) is 6.58. The molecule has 4 heteroatoms. The van der Waals surface area contributed by atoms with Gasteiger partial charge < -0.3 is 15.0 Å². The van der Waals surface area contributed by atoms with Gasteiger partial charge in [-0.15, -0.1) is 0 Å². The minimum absolute atomic E-state index is 0.191. The van der Waals surface area contributed by atoms with Crippen molar-refractivity contribution in [2.75, 3.05) is 26.7 Å². The zero-order chi connectivity index (χ0) is 18.5. The van der Waals surface area contributed by atoms with Crippen LogP contribution in [0, 0.1) is 5.92 Å². The van der Waals surface area contributed by atoms with Gasteiger partial charge in [0.05, 0.1) is 7.11 Å². The predicted octanol–water partition coefficient (Wildman–Crippen LogP) is 3.74. The number of benzene rings is 1. The van der Waals surface area contributed by atoms with Crippen molar-refractivity contribution in [2.24, 2.45) is 5.92 Å². The lowest BCUT2D eigenvalue weighted by Gasteiger charge is -2.33. The zero-order valence-corrected chi connectivity index (χ0v) is 16.6. The average Bonchev–Trinajstić information content (AvgIpc) is 2.61. The predicted molar refractivity (Wildman–Crippen MR) is 106 cm³/mol. The largest absolute Gasteiger partial charge is 0.497 e. The summed E-state index contributed by atoms with van der Waals surface area (Å²) >= 11 is 0. The van der Waals surface area contributed by atoms with Gasteiger partial charge in [-0.2, -0.15) is 0 Å². The first-order valence-corrected chi connectivity index (χ1v) is 10.2. The molecule has 3 rings (SSSR count). The molecule has 0 radical (unpaired) electrons. The third-order valence-electron chi connectivity index (χ3n) is 5.90. The van der Waals surface area contributed by atoms with E-state index in [2.05, 4.69) is 36.2 Å². The Morgan fingerprint density at radius 2 is 2.19 bits per heavy atom. The van der Waals surface area contributed by atoms with Gasteiger partial charge in [0.15, 0.2) is 0 Å². The molecule has 26 heavy (non-hydrogen) atoms. The van der Waals surface area contributed by atoms with E-state index in [1.54, 1.807) is 7.11 Å². The number of methoxy groups -OCH3 is 1. The van der Waals surface area contributed by atoms with E-state index in [4.69, 9.17) is 4.74 Å². The van der Waals surface area contributed by atoms with Gasteiger partial charge in [-0.3, -0.25) is 4.79 Å². The summed E-state index contributed by atoms with van der Waals surface area (Å²) in [6.45, 7) is 7.76. The van der Waals surface area contributed by atoms with Crippen molar-refractivity contribution in [3.8, 4) is 5.75 Å². The van der Waals surface area contributed by atoms with E-state index >= 15 is 0 Å². The number of amides is 1. The number of hydrogen-bond acceptors (Lipinski definition) is 3. The Labute approximate surface area is 158 Å². The average molecular weight is 359 g/mol. The van der Waals surface area contributed by atoms with Crippen molar-refractivity contribution < 1.29 is 9.53 Å². The number of rotatable bonds is 6. The molecule has 0 saturated carbocycles. The molecule has 0 unspecified atom stereocenters. The number of carbonyl (C=O) groups is 1. The fraction of sp³-hybridized carbons (Fsp3) is 0.682. The third-order valence-corrected chi connectivity index (χ3v) is 5.90. The van der Waals surface area contributed by atoms with Crippen molar-refractivity contribution in [1.82, 2.24) is 10.2 Å². The molecule has 3 atom stereocenters. The number of likely N-dealkylation sites (tertiary alicyclic amines) is 1. The summed E-state index contributed by atoms with van der Waals surface area (Å²) in [6, 6.07) is 6.53.